The molecular weight excluding hydrogens is 196 g/mol. The predicted octanol–water partition coefficient (Wildman–Crippen LogP) is 3.14. The molecule has 0 radical (unpaired) electrons. The maximum absolute atomic E-state index is 6.00. The van der Waals surface area contributed by atoms with Gasteiger partial charge in [0.1, 0.15) is 0 Å². The molecule has 2 nitrogen and oxygen atoms in total. The zero-order chi connectivity index (χ0) is 9.54. The molecule has 0 saturated heterocycles. The van der Waals surface area contributed by atoms with Gasteiger partial charge in [0.2, 0.25) is 0 Å². The Labute approximate surface area is 85.8 Å². The van der Waals surface area contributed by atoms with E-state index >= 15 is 0 Å². The Morgan fingerprint density at radius 3 is 2.93 bits per heavy atom. The van der Waals surface area contributed by atoms with Crippen LogP contribution in [0.3, 0.4) is 0 Å². The Kier molecular flexibility index (Phi) is 1.52. The SMILES string of the molecule is Clc1nccn2c1cc1ccccc12. The quantitative estimate of drug-likeness (QED) is 0.548. The van der Waals surface area contributed by atoms with Gasteiger partial charge < -0.3 is 4.40 Å². The Morgan fingerprint density at radius 2 is 2.00 bits per heavy atom. The van der Waals surface area contributed by atoms with E-state index in [4.69, 9.17) is 11.6 Å². The Balaban J connectivity index is 2.63. The molecule has 3 aromatic rings. The minimum Gasteiger partial charge on any atom is -0.312 e. The molecular formula is C11H7ClN2. The third kappa shape index (κ3) is 0.946. The van der Waals surface area contributed by atoms with E-state index in [2.05, 4.69) is 17.1 Å². The lowest BCUT2D eigenvalue weighted by molar-refractivity contribution is 1.18. The van der Waals surface area contributed by atoms with Gasteiger partial charge in [-0.15, -0.1) is 0 Å². The number of rotatable bonds is 0. The van der Waals surface area contributed by atoms with E-state index in [1.165, 1.54) is 5.39 Å². The summed E-state index contributed by atoms with van der Waals surface area (Å²) in [4.78, 5) is 4.05. The molecule has 0 saturated carbocycles. The molecule has 0 aliphatic heterocycles. The molecule has 3 rings (SSSR count). The standard InChI is InChI=1S/C11H7ClN2/c12-11-10-7-8-3-1-2-4-9(8)14(10)6-5-13-11/h1-7H. The van der Waals surface area contributed by atoms with Crippen molar-refractivity contribution in [2.45, 2.75) is 0 Å². The van der Waals surface area contributed by atoms with Crippen molar-refractivity contribution in [3.8, 4) is 0 Å². The number of hydrogen-bond donors (Lipinski definition) is 0. The highest BCUT2D eigenvalue weighted by Crippen LogP contribution is 2.23. The number of halogens is 1. The second-order valence-electron chi connectivity index (χ2n) is 3.18. The Hall–Kier alpha value is -1.54. The van der Waals surface area contributed by atoms with E-state index < -0.39 is 0 Å². The van der Waals surface area contributed by atoms with Gasteiger partial charge in [-0.05, 0) is 12.1 Å². The molecule has 0 unspecified atom stereocenters. The molecule has 14 heavy (non-hydrogen) atoms. The lowest BCUT2D eigenvalue weighted by atomic mass is 10.2. The van der Waals surface area contributed by atoms with Crippen LogP contribution in [-0.4, -0.2) is 9.38 Å². The monoisotopic (exact) mass is 202 g/mol. The molecule has 0 spiro atoms. The van der Waals surface area contributed by atoms with E-state index in [9.17, 15) is 0 Å². The fourth-order valence-corrected chi connectivity index (χ4v) is 1.93. The lowest BCUT2D eigenvalue weighted by Crippen LogP contribution is -1.85. The van der Waals surface area contributed by atoms with E-state index in [1.807, 2.05) is 28.8 Å². The largest absolute Gasteiger partial charge is 0.312 e. The number of aromatic nitrogens is 2. The zero-order valence-corrected chi connectivity index (χ0v) is 8.07. The Bertz CT molecular complexity index is 613. The normalized spacial score (nSPS) is 11.2. The van der Waals surface area contributed by atoms with Crippen molar-refractivity contribution < 1.29 is 0 Å². The van der Waals surface area contributed by atoms with E-state index in [0.29, 0.717) is 5.15 Å². The maximum Gasteiger partial charge on any atom is 0.153 e. The fourth-order valence-electron chi connectivity index (χ4n) is 1.73. The van der Waals surface area contributed by atoms with Gasteiger partial charge in [-0.2, -0.15) is 0 Å². The number of hydrogen-bond acceptors (Lipinski definition) is 1. The second-order valence-corrected chi connectivity index (χ2v) is 3.53. The maximum atomic E-state index is 6.00. The fraction of sp³-hybridized carbons (Fsp3) is 0. The first-order valence-corrected chi connectivity index (χ1v) is 4.74. The van der Waals surface area contributed by atoms with Crippen LogP contribution in [0.25, 0.3) is 16.4 Å². The van der Waals surface area contributed by atoms with Crippen molar-refractivity contribution in [3.05, 3.63) is 47.9 Å². The number of para-hydroxylation sites is 1. The summed E-state index contributed by atoms with van der Waals surface area (Å²) in [5.41, 5.74) is 2.11. The van der Waals surface area contributed by atoms with Crippen LogP contribution in [0.4, 0.5) is 0 Å². The van der Waals surface area contributed by atoms with Gasteiger partial charge >= 0.3 is 0 Å². The van der Waals surface area contributed by atoms with Crippen molar-refractivity contribution in [1.82, 2.24) is 9.38 Å². The highest BCUT2D eigenvalue weighted by atomic mass is 35.5. The van der Waals surface area contributed by atoms with Gasteiger partial charge in [-0.1, -0.05) is 29.8 Å². The van der Waals surface area contributed by atoms with Crippen LogP contribution >= 0.6 is 11.6 Å². The molecule has 2 aromatic heterocycles. The second kappa shape index (κ2) is 2.72. The molecule has 0 bridgehead atoms. The van der Waals surface area contributed by atoms with Gasteiger partial charge in [0.25, 0.3) is 0 Å². The highest BCUT2D eigenvalue weighted by Gasteiger charge is 2.04. The summed E-state index contributed by atoms with van der Waals surface area (Å²) in [6.45, 7) is 0. The third-order valence-electron chi connectivity index (χ3n) is 2.36. The first-order valence-electron chi connectivity index (χ1n) is 4.36. The first kappa shape index (κ1) is 7.83. The molecule has 0 aliphatic carbocycles. The summed E-state index contributed by atoms with van der Waals surface area (Å²) in [6.07, 6.45) is 3.63. The van der Waals surface area contributed by atoms with Crippen LogP contribution in [-0.2, 0) is 0 Å². The summed E-state index contributed by atoms with van der Waals surface area (Å²) >= 11 is 6.00. The number of benzene rings is 1. The molecule has 0 fully saturated rings. The number of nitrogens with zero attached hydrogens (tertiary/aromatic N) is 2. The van der Waals surface area contributed by atoms with Crippen LogP contribution in [0.2, 0.25) is 5.15 Å². The average molecular weight is 203 g/mol. The van der Waals surface area contributed by atoms with Crippen molar-refractivity contribution in [1.29, 1.82) is 0 Å². The van der Waals surface area contributed by atoms with Crippen LogP contribution in [0.15, 0.2) is 42.7 Å². The van der Waals surface area contributed by atoms with Crippen molar-refractivity contribution >= 4 is 28.0 Å². The Morgan fingerprint density at radius 1 is 1.14 bits per heavy atom. The first-order chi connectivity index (χ1) is 6.86. The van der Waals surface area contributed by atoms with Crippen LogP contribution in [0, 0.1) is 0 Å². The van der Waals surface area contributed by atoms with Crippen LogP contribution < -0.4 is 0 Å². The molecule has 68 valence electrons. The van der Waals surface area contributed by atoms with Crippen LogP contribution in [0.1, 0.15) is 0 Å². The van der Waals surface area contributed by atoms with Crippen LogP contribution in [0.5, 0.6) is 0 Å². The highest BCUT2D eigenvalue weighted by molar-refractivity contribution is 6.32. The predicted molar refractivity (Wildman–Crippen MR) is 57.7 cm³/mol. The van der Waals surface area contributed by atoms with Gasteiger partial charge in [0, 0.05) is 17.8 Å². The minimum atomic E-state index is 0.545. The van der Waals surface area contributed by atoms with E-state index in [0.717, 1.165) is 11.0 Å². The summed E-state index contributed by atoms with van der Waals surface area (Å²) in [5.74, 6) is 0. The summed E-state index contributed by atoms with van der Waals surface area (Å²) in [6, 6.07) is 10.2. The summed E-state index contributed by atoms with van der Waals surface area (Å²) in [5, 5.41) is 1.73. The van der Waals surface area contributed by atoms with E-state index in [1.54, 1.807) is 6.20 Å². The van der Waals surface area contributed by atoms with Gasteiger partial charge in [-0.3, -0.25) is 0 Å². The minimum absolute atomic E-state index is 0.545. The molecule has 3 heteroatoms. The van der Waals surface area contributed by atoms with Crippen molar-refractivity contribution in [3.63, 3.8) is 0 Å². The lowest BCUT2D eigenvalue weighted by Gasteiger charge is -1.96. The molecule has 0 aliphatic rings. The van der Waals surface area contributed by atoms with E-state index in [-0.39, 0.29) is 0 Å². The molecule has 1 aromatic carbocycles. The molecule has 0 N–H and O–H groups in total. The van der Waals surface area contributed by atoms with Gasteiger partial charge in [0.05, 0.1) is 11.0 Å². The zero-order valence-electron chi connectivity index (χ0n) is 7.31. The van der Waals surface area contributed by atoms with Gasteiger partial charge in [-0.25, -0.2) is 4.98 Å². The van der Waals surface area contributed by atoms with Gasteiger partial charge in [0.15, 0.2) is 5.15 Å². The molecule has 0 amide bonds. The summed E-state index contributed by atoms with van der Waals surface area (Å²) in [7, 11) is 0. The topological polar surface area (TPSA) is 17.3 Å². The number of fused-ring (bicyclic) bond motifs is 3. The summed E-state index contributed by atoms with van der Waals surface area (Å²) < 4.78 is 2.05. The smallest absolute Gasteiger partial charge is 0.153 e. The average Bonchev–Trinajstić information content (AvgIpc) is 2.59. The molecule has 2 heterocycles. The molecule has 0 atom stereocenters. The van der Waals surface area contributed by atoms with Crippen molar-refractivity contribution in [2.24, 2.45) is 0 Å². The third-order valence-corrected chi connectivity index (χ3v) is 2.65. The van der Waals surface area contributed by atoms with Crippen molar-refractivity contribution in [2.75, 3.05) is 0 Å².